The number of methoxy groups -OCH3 is 1. The van der Waals surface area contributed by atoms with Crippen LogP contribution in [0.15, 0.2) is 71.6 Å². The molecule has 1 amide bonds. The highest BCUT2D eigenvalue weighted by molar-refractivity contribution is 7.92. The summed E-state index contributed by atoms with van der Waals surface area (Å²) in [7, 11) is -0.698. The maximum absolute atomic E-state index is 13.1. The highest BCUT2D eigenvalue weighted by atomic mass is 32.2. The van der Waals surface area contributed by atoms with E-state index in [0.29, 0.717) is 16.3 Å². The Morgan fingerprint density at radius 1 is 0.939 bits per heavy atom. The maximum Gasteiger partial charge on any atom is 0.265 e. The Labute approximate surface area is 197 Å². The fourth-order valence-corrected chi connectivity index (χ4v) is 5.75. The number of carbonyl (C=O) groups is 1. The topological polar surface area (TPSA) is 75.7 Å². The fraction of sp³-hybridized carbons (Fsp3) is 0.160. The van der Waals surface area contributed by atoms with Crippen molar-refractivity contribution in [2.45, 2.75) is 18.7 Å². The molecule has 0 radical (unpaired) electrons. The van der Waals surface area contributed by atoms with Crippen molar-refractivity contribution in [2.75, 3.05) is 23.8 Å². The van der Waals surface area contributed by atoms with Crippen LogP contribution in [0.4, 0.5) is 11.4 Å². The molecule has 4 rings (SSSR count). The van der Waals surface area contributed by atoms with E-state index >= 15 is 0 Å². The van der Waals surface area contributed by atoms with Crippen LogP contribution in [0.25, 0.3) is 10.1 Å². The predicted octanol–water partition coefficient (Wildman–Crippen LogP) is 5.60. The first-order valence-corrected chi connectivity index (χ1v) is 12.5. The number of nitrogens with one attached hydrogen (secondary N) is 1. The molecule has 0 spiro atoms. The number of benzene rings is 3. The zero-order chi connectivity index (χ0) is 23.8. The van der Waals surface area contributed by atoms with Crippen molar-refractivity contribution in [3.8, 4) is 5.75 Å². The second kappa shape index (κ2) is 8.88. The first-order valence-electron chi connectivity index (χ1n) is 10.2. The van der Waals surface area contributed by atoms with Crippen molar-refractivity contribution in [3.63, 3.8) is 0 Å². The molecular weight excluding hydrogens is 456 g/mol. The van der Waals surface area contributed by atoms with E-state index < -0.39 is 10.0 Å². The molecule has 6 nitrogen and oxygen atoms in total. The summed E-state index contributed by atoms with van der Waals surface area (Å²) in [5.74, 6) is 0.393. The van der Waals surface area contributed by atoms with Crippen LogP contribution >= 0.6 is 11.3 Å². The molecule has 0 fully saturated rings. The van der Waals surface area contributed by atoms with Crippen LogP contribution in [0, 0.1) is 13.8 Å². The van der Waals surface area contributed by atoms with Gasteiger partial charge in [-0.25, -0.2) is 8.42 Å². The van der Waals surface area contributed by atoms with Crippen molar-refractivity contribution >= 4 is 48.7 Å². The lowest BCUT2D eigenvalue weighted by atomic mass is 10.1. The van der Waals surface area contributed by atoms with Crippen LogP contribution in [-0.2, 0) is 10.0 Å². The molecule has 0 aliphatic heterocycles. The Morgan fingerprint density at radius 3 is 2.24 bits per heavy atom. The Hall–Kier alpha value is -3.36. The van der Waals surface area contributed by atoms with Gasteiger partial charge in [-0.05, 0) is 91.0 Å². The molecule has 0 aliphatic rings. The van der Waals surface area contributed by atoms with E-state index in [9.17, 15) is 13.2 Å². The van der Waals surface area contributed by atoms with E-state index in [1.807, 2.05) is 38.1 Å². The smallest absolute Gasteiger partial charge is 0.265 e. The third-order valence-electron chi connectivity index (χ3n) is 5.28. The average molecular weight is 481 g/mol. The minimum atomic E-state index is -3.74. The number of anilines is 2. The van der Waals surface area contributed by atoms with Crippen LogP contribution in [0.2, 0.25) is 0 Å². The molecule has 1 aromatic heterocycles. The van der Waals surface area contributed by atoms with E-state index in [2.05, 4.69) is 5.32 Å². The van der Waals surface area contributed by atoms with Gasteiger partial charge in [-0.1, -0.05) is 6.07 Å². The predicted molar refractivity (Wildman–Crippen MR) is 134 cm³/mol. The molecule has 0 saturated heterocycles. The summed E-state index contributed by atoms with van der Waals surface area (Å²) < 4.78 is 33.4. The van der Waals surface area contributed by atoms with Crippen molar-refractivity contribution in [1.82, 2.24) is 0 Å². The van der Waals surface area contributed by atoms with Gasteiger partial charge in [0.05, 0.1) is 22.6 Å². The normalized spacial score (nSPS) is 11.4. The lowest BCUT2D eigenvalue weighted by molar-refractivity contribution is 0.103. The molecule has 3 aromatic carbocycles. The summed E-state index contributed by atoms with van der Waals surface area (Å²) in [5.41, 5.74) is 3.41. The molecule has 0 bridgehead atoms. The van der Waals surface area contributed by atoms with Crippen molar-refractivity contribution in [1.29, 1.82) is 0 Å². The Kier molecular flexibility index (Phi) is 6.14. The first kappa shape index (κ1) is 22.8. The third-order valence-corrected chi connectivity index (χ3v) is 8.20. The van der Waals surface area contributed by atoms with Crippen LogP contribution < -0.4 is 14.4 Å². The van der Waals surface area contributed by atoms with E-state index in [-0.39, 0.29) is 10.8 Å². The number of carbonyl (C=O) groups excluding carboxylic acids is 1. The minimum Gasteiger partial charge on any atom is -0.497 e. The number of hydrogen-bond donors (Lipinski definition) is 1. The number of hydrogen-bond acceptors (Lipinski definition) is 5. The highest BCUT2D eigenvalue weighted by Gasteiger charge is 2.22. The number of ether oxygens (including phenoxy) is 1. The second-order valence-electron chi connectivity index (χ2n) is 7.81. The number of sulfonamides is 1. The standard InChI is InChI=1S/C25H24N2O4S2/c1-16-11-17(2)13-19(12-16)26-25(28)24-15-18-14-20(5-10-23(18)32-24)27(3)33(29,30)22-8-6-21(31-4)7-9-22/h5-15H,1-4H3,(H,26,28). The van der Waals surface area contributed by atoms with Gasteiger partial charge < -0.3 is 10.1 Å². The molecule has 0 unspecified atom stereocenters. The number of rotatable bonds is 6. The molecule has 33 heavy (non-hydrogen) atoms. The van der Waals surface area contributed by atoms with Crippen LogP contribution in [-0.4, -0.2) is 28.5 Å². The zero-order valence-electron chi connectivity index (χ0n) is 18.7. The molecule has 1 heterocycles. The van der Waals surface area contributed by atoms with Gasteiger partial charge in [0, 0.05) is 17.4 Å². The van der Waals surface area contributed by atoms with Crippen LogP contribution in [0.1, 0.15) is 20.8 Å². The summed E-state index contributed by atoms with van der Waals surface area (Å²) in [5, 5.41) is 3.75. The second-order valence-corrected chi connectivity index (χ2v) is 10.9. The van der Waals surface area contributed by atoms with E-state index in [1.54, 1.807) is 30.3 Å². The van der Waals surface area contributed by atoms with Gasteiger partial charge >= 0.3 is 0 Å². The molecule has 8 heteroatoms. The van der Waals surface area contributed by atoms with Gasteiger partial charge in [0.25, 0.3) is 15.9 Å². The third kappa shape index (κ3) is 4.72. The molecule has 170 valence electrons. The molecular formula is C25H24N2O4S2. The summed E-state index contributed by atoms with van der Waals surface area (Å²) >= 11 is 1.37. The van der Waals surface area contributed by atoms with E-state index in [1.165, 1.54) is 41.9 Å². The van der Waals surface area contributed by atoms with Gasteiger partial charge in [0.1, 0.15) is 5.75 Å². The summed E-state index contributed by atoms with van der Waals surface area (Å²) in [6, 6.07) is 19.3. The zero-order valence-corrected chi connectivity index (χ0v) is 20.4. The summed E-state index contributed by atoms with van der Waals surface area (Å²) in [6.07, 6.45) is 0. The number of fused-ring (bicyclic) bond motifs is 1. The molecule has 0 saturated carbocycles. The van der Waals surface area contributed by atoms with Gasteiger partial charge in [-0.2, -0.15) is 0 Å². The Bertz CT molecular complexity index is 1420. The molecule has 0 atom stereocenters. The summed E-state index contributed by atoms with van der Waals surface area (Å²) in [6.45, 7) is 3.97. The molecule has 4 aromatic rings. The molecule has 0 aliphatic carbocycles. The van der Waals surface area contributed by atoms with Crippen molar-refractivity contribution < 1.29 is 17.9 Å². The Morgan fingerprint density at radius 2 is 1.61 bits per heavy atom. The van der Waals surface area contributed by atoms with Gasteiger partial charge in [0.2, 0.25) is 0 Å². The van der Waals surface area contributed by atoms with E-state index in [0.717, 1.165) is 26.9 Å². The minimum absolute atomic E-state index is 0.171. The quantitative estimate of drug-likeness (QED) is 0.390. The van der Waals surface area contributed by atoms with Gasteiger partial charge in [-0.15, -0.1) is 11.3 Å². The lowest BCUT2D eigenvalue weighted by Crippen LogP contribution is -2.26. The highest BCUT2D eigenvalue weighted by Crippen LogP contribution is 2.32. The van der Waals surface area contributed by atoms with Crippen LogP contribution in [0.3, 0.4) is 0 Å². The average Bonchev–Trinajstić information content (AvgIpc) is 3.21. The first-order chi connectivity index (χ1) is 15.7. The SMILES string of the molecule is COc1ccc(S(=O)(=O)N(C)c2ccc3sc(C(=O)Nc4cc(C)cc(C)c4)cc3c2)cc1. The summed E-state index contributed by atoms with van der Waals surface area (Å²) in [4.78, 5) is 13.5. The van der Waals surface area contributed by atoms with Crippen molar-refractivity contribution in [3.05, 3.63) is 82.7 Å². The largest absolute Gasteiger partial charge is 0.497 e. The fourth-order valence-electron chi connectivity index (χ4n) is 3.62. The number of thiophene rings is 1. The van der Waals surface area contributed by atoms with Gasteiger partial charge in [0.15, 0.2) is 0 Å². The number of amides is 1. The van der Waals surface area contributed by atoms with Crippen molar-refractivity contribution in [2.24, 2.45) is 0 Å². The molecule has 1 N–H and O–H groups in total. The number of nitrogens with zero attached hydrogens (tertiary/aromatic N) is 1. The van der Waals surface area contributed by atoms with Gasteiger partial charge in [-0.3, -0.25) is 9.10 Å². The monoisotopic (exact) mass is 480 g/mol. The van der Waals surface area contributed by atoms with E-state index in [4.69, 9.17) is 4.74 Å². The van der Waals surface area contributed by atoms with Crippen LogP contribution in [0.5, 0.6) is 5.75 Å². The lowest BCUT2D eigenvalue weighted by Gasteiger charge is -2.19. The maximum atomic E-state index is 13.1. The number of aryl methyl sites for hydroxylation is 2. The Balaban J connectivity index is 1.60.